The first-order chi connectivity index (χ1) is 8.92. The third-order valence-electron chi connectivity index (χ3n) is 2.54. The monoisotopic (exact) mass is 241 g/mol. The maximum Gasteiger partial charge on any atom is 0.143 e. The van der Waals surface area contributed by atoms with Crippen LogP contribution in [0.3, 0.4) is 0 Å². The molecule has 0 fully saturated rings. The molecule has 1 aromatic carbocycles. The third kappa shape index (κ3) is 2.22. The summed E-state index contributed by atoms with van der Waals surface area (Å²) >= 11 is 0. The number of nitrogens with one attached hydrogen (secondary N) is 1. The van der Waals surface area contributed by atoms with E-state index in [4.69, 9.17) is 4.42 Å². The van der Waals surface area contributed by atoms with Crippen LogP contribution in [0.15, 0.2) is 53.6 Å². The van der Waals surface area contributed by atoms with Crippen molar-refractivity contribution >= 4 is 5.69 Å². The van der Waals surface area contributed by atoms with Crippen molar-refractivity contribution < 1.29 is 4.42 Å². The van der Waals surface area contributed by atoms with Crippen molar-refractivity contribution in [3.8, 4) is 5.69 Å². The smallest absolute Gasteiger partial charge is 0.143 e. The molecule has 2 heterocycles. The van der Waals surface area contributed by atoms with Crippen LogP contribution in [0, 0.1) is 0 Å². The second kappa shape index (κ2) is 4.70. The zero-order valence-electron chi connectivity index (χ0n) is 9.52. The maximum atomic E-state index is 5.01. The van der Waals surface area contributed by atoms with Gasteiger partial charge in [0.2, 0.25) is 0 Å². The number of tetrazole rings is 1. The number of rotatable bonds is 4. The Bertz CT molecular complexity index is 603. The Morgan fingerprint density at radius 1 is 1.28 bits per heavy atom. The van der Waals surface area contributed by atoms with E-state index in [1.165, 1.54) is 0 Å². The standard InChI is InChI=1S/C12H11N5O/c1-2-11(13-7-10-4-5-18-8-10)6-12(3-1)17-9-14-15-16-17/h1-6,8-9,13H,7H2. The molecule has 0 atom stereocenters. The molecule has 6 heteroatoms. The summed E-state index contributed by atoms with van der Waals surface area (Å²) in [5.74, 6) is 0. The predicted octanol–water partition coefficient (Wildman–Crippen LogP) is 1.87. The Labute approximate surface area is 103 Å². The first-order valence-corrected chi connectivity index (χ1v) is 5.50. The van der Waals surface area contributed by atoms with Crippen LogP contribution in [0.25, 0.3) is 5.69 Å². The fraction of sp³-hybridized carbons (Fsp3) is 0.0833. The van der Waals surface area contributed by atoms with Crippen molar-refractivity contribution in [2.75, 3.05) is 5.32 Å². The molecular formula is C12H11N5O. The lowest BCUT2D eigenvalue weighted by atomic mass is 10.2. The van der Waals surface area contributed by atoms with Gasteiger partial charge in [-0.15, -0.1) is 5.10 Å². The summed E-state index contributed by atoms with van der Waals surface area (Å²) in [5.41, 5.74) is 3.02. The molecule has 0 spiro atoms. The van der Waals surface area contributed by atoms with Crippen LogP contribution in [0.5, 0.6) is 0 Å². The van der Waals surface area contributed by atoms with Crippen molar-refractivity contribution in [1.29, 1.82) is 0 Å². The number of anilines is 1. The van der Waals surface area contributed by atoms with Crippen LogP contribution in [-0.2, 0) is 6.54 Å². The highest BCUT2D eigenvalue weighted by atomic mass is 16.3. The van der Waals surface area contributed by atoms with E-state index in [-0.39, 0.29) is 0 Å². The molecule has 3 rings (SSSR count). The summed E-state index contributed by atoms with van der Waals surface area (Å²) in [5, 5.41) is 14.4. The lowest BCUT2D eigenvalue weighted by Gasteiger charge is -2.06. The van der Waals surface area contributed by atoms with Crippen molar-refractivity contribution in [3.05, 3.63) is 54.7 Å². The molecule has 0 radical (unpaired) electrons. The van der Waals surface area contributed by atoms with Gasteiger partial charge in [-0.25, -0.2) is 4.68 Å². The van der Waals surface area contributed by atoms with E-state index in [0.717, 1.165) is 23.5 Å². The summed E-state index contributed by atoms with van der Waals surface area (Å²) in [6.45, 7) is 0.718. The first kappa shape index (κ1) is 10.5. The molecule has 0 bridgehead atoms. The van der Waals surface area contributed by atoms with E-state index >= 15 is 0 Å². The average molecular weight is 241 g/mol. The second-order valence-electron chi connectivity index (χ2n) is 3.79. The van der Waals surface area contributed by atoms with Crippen LogP contribution in [0.1, 0.15) is 5.56 Å². The molecule has 90 valence electrons. The van der Waals surface area contributed by atoms with Gasteiger partial charge in [-0.3, -0.25) is 0 Å². The van der Waals surface area contributed by atoms with Crippen molar-refractivity contribution in [1.82, 2.24) is 20.2 Å². The molecule has 0 aliphatic rings. The lowest BCUT2D eigenvalue weighted by molar-refractivity contribution is 0.564. The van der Waals surface area contributed by atoms with Gasteiger partial charge in [0.15, 0.2) is 0 Å². The topological polar surface area (TPSA) is 68.8 Å². The maximum absolute atomic E-state index is 5.01. The van der Waals surface area contributed by atoms with Gasteiger partial charge in [-0.05, 0) is 34.7 Å². The molecule has 6 nitrogen and oxygen atoms in total. The quantitative estimate of drug-likeness (QED) is 0.755. The number of furan rings is 1. The molecule has 0 aliphatic heterocycles. The van der Waals surface area contributed by atoms with Gasteiger partial charge >= 0.3 is 0 Å². The zero-order valence-corrected chi connectivity index (χ0v) is 9.52. The zero-order chi connectivity index (χ0) is 12.2. The Hall–Kier alpha value is -2.63. The highest BCUT2D eigenvalue weighted by Gasteiger charge is 2.00. The largest absolute Gasteiger partial charge is 0.472 e. The Morgan fingerprint density at radius 2 is 2.28 bits per heavy atom. The number of benzene rings is 1. The first-order valence-electron chi connectivity index (χ1n) is 5.50. The SMILES string of the molecule is c1cc(NCc2ccoc2)cc(-n2cnnn2)c1. The molecule has 18 heavy (non-hydrogen) atoms. The minimum atomic E-state index is 0.718. The molecule has 3 aromatic rings. The highest BCUT2D eigenvalue weighted by molar-refractivity contribution is 5.50. The minimum absolute atomic E-state index is 0.718. The van der Waals surface area contributed by atoms with E-state index in [0.29, 0.717) is 0 Å². The number of aromatic nitrogens is 4. The van der Waals surface area contributed by atoms with E-state index in [1.807, 2.05) is 30.3 Å². The minimum Gasteiger partial charge on any atom is -0.472 e. The van der Waals surface area contributed by atoms with Crippen molar-refractivity contribution in [2.24, 2.45) is 0 Å². The highest BCUT2D eigenvalue weighted by Crippen LogP contribution is 2.14. The fourth-order valence-corrected chi connectivity index (χ4v) is 1.64. The van der Waals surface area contributed by atoms with Crippen LogP contribution in [0.2, 0.25) is 0 Å². The number of hydrogen-bond acceptors (Lipinski definition) is 5. The Balaban J connectivity index is 1.75. The van der Waals surface area contributed by atoms with Crippen LogP contribution in [0.4, 0.5) is 5.69 Å². The van der Waals surface area contributed by atoms with Crippen LogP contribution < -0.4 is 5.32 Å². The van der Waals surface area contributed by atoms with Gasteiger partial charge in [0, 0.05) is 17.8 Å². The Morgan fingerprint density at radius 3 is 3.06 bits per heavy atom. The fourth-order valence-electron chi connectivity index (χ4n) is 1.64. The van der Waals surface area contributed by atoms with Crippen LogP contribution >= 0.6 is 0 Å². The van der Waals surface area contributed by atoms with Gasteiger partial charge in [-0.1, -0.05) is 6.07 Å². The van der Waals surface area contributed by atoms with E-state index in [1.54, 1.807) is 23.5 Å². The molecule has 2 aromatic heterocycles. The summed E-state index contributed by atoms with van der Waals surface area (Å²) in [7, 11) is 0. The van der Waals surface area contributed by atoms with Gasteiger partial charge < -0.3 is 9.73 Å². The molecule has 0 unspecified atom stereocenters. The molecule has 0 saturated carbocycles. The van der Waals surface area contributed by atoms with Gasteiger partial charge in [-0.2, -0.15) is 0 Å². The summed E-state index contributed by atoms with van der Waals surface area (Å²) in [6, 6.07) is 9.80. The number of hydrogen-bond donors (Lipinski definition) is 1. The van der Waals surface area contributed by atoms with E-state index in [2.05, 4.69) is 20.8 Å². The summed E-state index contributed by atoms with van der Waals surface area (Å²) in [4.78, 5) is 0. The van der Waals surface area contributed by atoms with E-state index in [9.17, 15) is 0 Å². The Kier molecular flexibility index (Phi) is 2.75. The summed E-state index contributed by atoms with van der Waals surface area (Å²) in [6.07, 6.45) is 4.95. The normalized spacial score (nSPS) is 10.4. The van der Waals surface area contributed by atoms with Gasteiger partial charge in [0.25, 0.3) is 0 Å². The van der Waals surface area contributed by atoms with Gasteiger partial charge in [0.05, 0.1) is 18.2 Å². The third-order valence-corrected chi connectivity index (χ3v) is 2.54. The van der Waals surface area contributed by atoms with Crippen molar-refractivity contribution in [2.45, 2.75) is 6.54 Å². The van der Waals surface area contributed by atoms with Gasteiger partial charge in [0.1, 0.15) is 6.33 Å². The molecule has 1 N–H and O–H groups in total. The lowest BCUT2D eigenvalue weighted by Crippen LogP contribution is -2.00. The van der Waals surface area contributed by atoms with Crippen LogP contribution in [-0.4, -0.2) is 20.2 Å². The number of nitrogens with zero attached hydrogens (tertiary/aromatic N) is 4. The molecule has 0 amide bonds. The predicted molar refractivity (Wildman–Crippen MR) is 65.2 cm³/mol. The summed E-state index contributed by atoms with van der Waals surface area (Å²) < 4.78 is 6.63. The average Bonchev–Trinajstić information content (AvgIpc) is 3.10. The van der Waals surface area contributed by atoms with Crippen molar-refractivity contribution in [3.63, 3.8) is 0 Å². The van der Waals surface area contributed by atoms with E-state index < -0.39 is 0 Å². The second-order valence-corrected chi connectivity index (χ2v) is 3.79. The molecule has 0 saturated heterocycles. The molecular weight excluding hydrogens is 230 g/mol. The molecule has 0 aliphatic carbocycles.